The van der Waals surface area contributed by atoms with Crippen LogP contribution in [0.25, 0.3) is 0 Å². The van der Waals surface area contributed by atoms with Gasteiger partial charge in [0.15, 0.2) is 0 Å². The maximum Gasteiger partial charge on any atom is 0.258 e. The molecule has 2 aromatic rings. The van der Waals surface area contributed by atoms with E-state index in [9.17, 15) is 9.59 Å². The van der Waals surface area contributed by atoms with E-state index in [0.29, 0.717) is 12.1 Å². The maximum absolute atomic E-state index is 12.5. The summed E-state index contributed by atoms with van der Waals surface area (Å²) < 4.78 is 0. The summed E-state index contributed by atoms with van der Waals surface area (Å²) >= 11 is 1.75. The van der Waals surface area contributed by atoms with Crippen LogP contribution >= 0.6 is 11.8 Å². The number of rotatable bonds is 1. The SMILES string of the molecule is O=C(c1cc[nH]c(=O)c1)N1CCSc2ccccc21. The van der Waals surface area contributed by atoms with Crippen molar-refractivity contribution in [2.75, 3.05) is 17.2 Å². The summed E-state index contributed by atoms with van der Waals surface area (Å²) in [6.45, 7) is 0.660. The Balaban J connectivity index is 2.00. The zero-order valence-corrected chi connectivity index (χ0v) is 10.9. The summed E-state index contributed by atoms with van der Waals surface area (Å²) in [6.07, 6.45) is 1.50. The third-order valence-electron chi connectivity index (χ3n) is 3.00. The summed E-state index contributed by atoms with van der Waals surface area (Å²) in [5.74, 6) is 0.741. The van der Waals surface area contributed by atoms with Gasteiger partial charge in [-0.25, -0.2) is 0 Å². The Kier molecular flexibility index (Phi) is 3.13. The predicted octanol–water partition coefficient (Wildman–Crippen LogP) is 2.13. The van der Waals surface area contributed by atoms with E-state index in [0.717, 1.165) is 16.3 Å². The molecule has 3 rings (SSSR count). The number of carbonyl (C=O) groups is 1. The highest BCUT2D eigenvalue weighted by Gasteiger charge is 2.23. The number of H-pyrrole nitrogens is 1. The van der Waals surface area contributed by atoms with E-state index < -0.39 is 0 Å². The van der Waals surface area contributed by atoms with E-state index >= 15 is 0 Å². The van der Waals surface area contributed by atoms with Gasteiger partial charge in [0, 0.05) is 35.0 Å². The number of benzene rings is 1. The average molecular weight is 272 g/mol. The molecule has 0 unspecified atom stereocenters. The number of hydrogen-bond acceptors (Lipinski definition) is 3. The second-order valence-electron chi connectivity index (χ2n) is 4.21. The largest absolute Gasteiger partial charge is 0.329 e. The van der Waals surface area contributed by atoms with Crippen LogP contribution < -0.4 is 10.5 Å². The molecule has 2 heterocycles. The van der Waals surface area contributed by atoms with Crippen molar-refractivity contribution in [1.29, 1.82) is 0 Å². The van der Waals surface area contributed by atoms with E-state index in [4.69, 9.17) is 0 Å². The lowest BCUT2D eigenvalue weighted by Crippen LogP contribution is -2.35. The average Bonchev–Trinajstić information content (AvgIpc) is 2.46. The van der Waals surface area contributed by atoms with Crippen molar-refractivity contribution in [2.24, 2.45) is 0 Å². The van der Waals surface area contributed by atoms with Gasteiger partial charge in [0.2, 0.25) is 5.56 Å². The van der Waals surface area contributed by atoms with Gasteiger partial charge >= 0.3 is 0 Å². The number of thioether (sulfide) groups is 1. The van der Waals surface area contributed by atoms with Crippen LogP contribution in [0.2, 0.25) is 0 Å². The Morgan fingerprint density at radius 1 is 1.26 bits per heavy atom. The molecule has 0 saturated heterocycles. The van der Waals surface area contributed by atoms with Crippen molar-refractivity contribution in [3.63, 3.8) is 0 Å². The zero-order valence-electron chi connectivity index (χ0n) is 10.1. The minimum absolute atomic E-state index is 0.126. The van der Waals surface area contributed by atoms with Crippen LogP contribution in [-0.4, -0.2) is 23.2 Å². The minimum atomic E-state index is -0.259. The summed E-state index contributed by atoms with van der Waals surface area (Å²) in [6, 6.07) is 10.8. The number of anilines is 1. The van der Waals surface area contributed by atoms with Gasteiger partial charge in [0.1, 0.15) is 0 Å². The molecule has 1 aromatic carbocycles. The Hall–Kier alpha value is -2.01. The molecule has 1 aliphatic rings. The lowest BCUT2D eigenvalue weighted by atomic mass is 10.2. The standard InChI is InChI=1S/C14H12N2O2S/c17-13-9-10(5-6-15-13)14(18)16-7-8-19-12-4-2-1-3-11(12)16/h1-6,9H,7-8H2,(H,15,17). The van der Waals surface area contributed by atoms with Crippen LogP contribution in [0.4, 0.5) is 5.69 Å². The van der Waals surface area contributed by atoms with Gasteiger partial charge in [-0.2, -0.15) is 0 Å². The number of pyridine rings is 1. The molecule has 0 aliphatic carbocycles. The number of nitrogens with one attached hydrogen (secondary N) is 1. The van der Waals surface area contributed by atoms with Gasteiger partial charge in [-0.3, -0.25) is 9.59 Å². The van der Waals surface area contributed by atoms with E-state index in [1.165, 1.54) is 12.3 Å². The monoisotopic (exact) mass is 272 g/mol. The van der Waals surface area contributed by atoms with E-state index in [-0.39, 0.29) is 11.5 Å². The molecule has 1 amide bonds. The first-order chi connectivity index (χ1) is 9.25. The topological polar surface area (TPSA) is 53.2 Å². The summed E-state index contributed by atoms with van der Waals surface area (Å²) in [7, 11) is 0. The van der Waals surface area contributed by atoms with E-state index in [1.807, 2.05) is 24.3 Å². The Bertz CT molecular complexity index is 681. The molecule has 0 radical (unpaired) electrons. The zero-order chi connectivity index (χ0) is 13.2. The van der Waals surface area contributed by atoms with Crippen LogP contribution in [-0.2, 0) is 0 Å². The Morgan fingerprint density at radius 3 is 2.95 bits per heavy atom. The molecule has 19 heavy (non-hydrogen) atoms. The first-order valence-corrected chi connectivity index (χ1v) is 6.97. The predicted molar refractivity (Wildman–Crippen MR) is 75.9 cm³/mol. The number of nitrogens with zero attached hydrogens (tertiary/aromatic N) is 1. The normalized spacial score (nSPS) is 14.0. The van der Waals surface area contributed by atoms with Crippen LogP contribution in [0.5, 0.6) is 0 Å². The Morgan fingerprint density at radius 2 is 2.11 bits per heavy atom. The molecule has 1 aromatic heterocycles. The van der Waals surface area contributed by atoms with Crippen LogP contribution in [0.15, 0.2) is 52.3 Å². The van der Waals surface area contributed by atoms with Crippen molar-refractivity contribution in [1.82, 2.24) is 4.98 Å². The molecule has 1 N–H and O–H groups in total. The molecule has 96 valence electrons. The van der Waals surface area contributed by atoms with Crippen molar-refractivity contribution in [3.05, 3.63) is 58.5 Å². The number of carbonyl (C=O) groups excluding carboxylic acids is 1. The van der Waals surface area contributed by atoms with Crippen molar-refractivity contribution in [3.8, 4) is 0 Å². The Labute approximate surface area is 114 Å². The number of aromatic amines is 1. The molecule has 0 atom stereocenters. The third kappa shape index (κ3) is 2.29. The fraction of sp³-hybridized carbons (Fsp3) is 0.143. The van der Waals surface area contributed by atoms with Crippen molar-refractivity contribution < 1.29 is 4.79 Å². The molecule has 0 saturated carbocycles. The fourth-order valence-electron chi connectivity index (χ4n) is 2.11. The molecule has 0 spiro atoms. The van der Waals surface area contributed by atoms with Gasteiger partial charge in [-0.1, -0.05) is 12.1 Å². The van der Waals surface area contributed by atoms with Gasteiger partial charge in [-0.15, -0.1) is 11.8 Å². The second kappa shape index (κ2) is 4.93. The van der Waals surface area contributed by atoms with Crippen LogP contribution in [0.3, 0.4) is 0 Å². The van der Waals surface area contributed by atoms with Gasteiger partial charge in [-0.05, 0) is 18.2 Å². The van der Waals surface area contributed by atoms with Crippen molar-refractivity contribution >= 4 is 23.4 Å². The highest BCUT2D eigenvalue weighted by Crippen LogP contribution is 2.34. The third-order valence-corrected chi connectivity index (χ3v) is 4.04. The first kappa shape index (κ1) is 12.0. The van der Waals surface area contributed by atoms with Crippen molar-refractivity contribution in [2.45, 2.75) is 4.90 Å². The van der Waals surface area contributed by atoms with Crippen LogP contribution in [0.1, 0.15) is 10.4 Å². The number of hydrogen-bond donors (Lipinski definition) is 1. The lowest BCUT2D eigenvalue weighted by molar-refractivity contribution is 0.0987. The number of aromatic nitrogens is 1. The first-order valence-electron chi connectivity index (χ1n) is 5.98. The quantitative estimate of drug-likeness (QED) is 0.865. The highest BCUT2D eigenvalue weighted by atomic mass is 32.2. The summed E-state index contributed by atoms with van der Waals surface area (Å²) in [4.78, 5) is 29.1. The smallest absolute Gasteiger partial charge is 0.258 e. The maximum atomic E-state index is 12.5. The summed E-state index contributed by atoms with van der Waals surface area (Å²) in [5.41, 5.74) is 1.08. The van der Waals surface area contributed by atoms with E-state index in [1.54, 1.807) is 22.7 Å². The number of fused-ring (bicyclic) bond motifs is 1. The van der Waals surface area contributed by atoms with E-state index in [2.05, 4.69) is 4.98 Å². The highest BCUT2D eigenvalue weighted by molar-refractivity contribution is 7.99. The molecular weight excluding hydrogens is 260 g/mol. The lowest BCUT2D eigenvalue weighted by Gasteiger charge is -2.28. The number of amides is 1. The van der Waals surface area contributed by atoms with Gasteiger partial charge in [0.25, 0.3) is 5.91 Å². The molecule has 0 fully saturated rings. The van der Waals surface area contributed by atoms with Crippen LogP contribution in [0, 0.1) is 0 Å². The second-order valence-corrected chi connectivity index (χ2v) is 5.35. The molecule has 0 bridgehead atoms. The number of para-hydroxylation sites is 1. The van der Waals surface area contributed by atoms with Gasteiger partial charge in [0.05, 0.1) is 5.69 Å². The minimum Gasteiger partial charge on any atom is -0.329 e. The fourth-order valence-corrected chi connectivity index (χ4v) is 3.11. The summed E-state index contributed by atoms with van der Waals surface area (Å²) in [5, 5.41) is 0. The molecule has 1 aliphatic heterocycles. The molecular formula is C14H12N2O2S. The molecule has 4 nitrogen and oxygen atoms in total. The van der Waals surface area contributed by atoms with Gasteiger partial charge < -0.3 is 9.88 Å². The molecule has 5 heteroatoms.